The molecular formula is C14H18N2O5. The number of aryl methyl sites for hydroxylation is 1. The fourth-order valence-electron chi connectivity index (χ4n) is 1.47. The molecule has 1 rings (SSSR count). The maximum Gasteiger partial charge on any atom is 0.344 e. The molecule has 0 heterocycles. The highest BCUT2D eigenvalue weighted by Gasteiger charge is 2.19. The van der Waals surface area contributed by atoms with Crippen LogP contribution in [-0.4, -0.2) is 30.6 Å². The van der Waals surface area contributed by atoms with Gasteiger partial charge >= 0.3 is 12.0 Å². The van der Waals surface area contributed by atoms with E-state index in [4.69, 9.17) is 15.2 Å². The number of carbonyl (C=O) groups excluding carboxylic acids is 3. The number of esters is 1. The van der Waals surface area contributed by atoms with Crippen molar-refractivity contribution in [3.63, 3.8) is 0 Å². The number of amides is 3. The Morgan fingerprint density at radius 1 is 1.24 bits per heavy atom. The van der Waals surface area contributed by atoms with Gasteiger partial charge in [0.05, 0.1) is 0 Å². The Morgan fingerprint density at radius 2 is 1.86 bits per heavy atom. The Morgan fingerprint density at radius 3 is 2.38 bits per heavy atom. The number of hydrogen-bond acceptors (Lipinski definition) is 5. The van der Waals surface area contributed by atoms with Gasteiger partial charge in [-0.15, -0.1) is 0 Å². The molecule has 3 amide bonds. The number of carbonyl (C=O) groups is 3. The fourth-order valence-corrected chi connectivity index (χ4v) is 1.47. The van der Waals surface area contributed by atoms with Gasteiger partial charge in [-0.05, 0) is 31.0 Å². The molecule has 1 atom stereocenters. The molecule has 1 aromatic carbocycles. The highest BCUT2D eigenvalue weighted by atomic mass is 16.6. The highest BCUT2D eigenvalue weighted by Crippen LogP contribution is 2.12. The minimum Gasteiger partial charge on any atom is -0.482 e. The number of nitrogens with one attached hydrogen (secondary N) is 1. The van der Waals surface area contributed by atoms with E-state index >= 15 is 0 Å². The molecule has 1 unspecified atom stereocenters. The topological polar surface area (TPSA) is 108 Å². The second-order valence-electron chi connectivity index (χ2n) is 4.27. The molecule has 0 aromatic heterocycles. The summed E-state index contributed by atoms with van der Waals surface area (Å²) < 4.78 is 10.0. The minimum absolute atomic E-state index is 0.334. The van der Waals surface area contributed by atoms with E-state index in [0.29, 0.717) is 5.75 Å². The molecule has 114 valence electrons. The van der Waals surface area contributed by atoms with Crippen molar-refractivity contribution in [3.05, 3.63) is 29.8 Å². The first kappa shape index (κ1) is 16.5. The Labute approximate surface area is 122 Å². The maximum absolute atomic E-state index is 11.5. The number of primary amides is 1. The Balaban J connectivity index is 2.39. The summed E-state index contributed by atoms with van der Waals surface area (Å²) in [5.41, 5.74) is 5.94. The van der Waals surface area contributed by atoms with Gasteiger partial charge in [0.1, 0.15) is 5.75 Å². The Kier molecular flexibility index (Phi) is 6.19. The zero-order valence-corrected chi connectivity index (χ0v) is 11.9. The molecule has 1 aromatic rings. The maximum atomic E-state index is 11.5. The van der Waals surface area contributed by atoms with Crippen molar-refractivity contribution in [2.75, 3.05) is 6.61 Å². The molecule has 0 saturated carbocycles. The molecule has 3 N–H and O–H groups in total. The average Bonchev–Trinajstić information content (AvgIpc) is 2.44. The van der Waals surface area contributed by atoms with Crippen molar-refractivity contribution in [2.45, 2.75) is 26.4 Å². The van der Waals surface area contributed by atoms with Crippen molar-refractivity contribution in [1.29, 1.82) is 0 Å². The zero-order valence-electron chi connectivity index (χ0n) is 11.9. The van der Waals surface area contributed by atoms with Crippen molar-refractivity contribution < 1.29 is 23.9 Å². The van der Waals surface area contributed by atoms with Gasteiger partial charge < -0.3 is 15.2 Å². The SMILES string of the molecule is CCc1ccc(OCC(=O)OC(C)C(=O)NC(N)=O)cc1. The lowest BCUT2D eigenvalue weighted by Gasteiger charge is -2.12. The van der Waals surface area contributed by atoms with Crippen LogP contribution >= 0.6 is 0 Å². The van der Waals surface area contributed by atoms with Crippen LogP contribution in [0.25, 0.3) is 0 Å². The molecule has 0 fully saturated rings. The normalized spacial score (nSPS) is 11.3. The van der Waals surface area contributed by atoms with Gasteiger partial charge in [-0.1, -0.05) is 19.1 Å². The molecule has 0 saturated heterocycles. The molecule has 21 heavy (non-hydrogen) atoms. The van der Waals surface area contributed by atoms with Gasteiger partial charge in [-0.2, -0.15) is 0 Å². The monoisotopic (exact) mass is 294 g/mol. The summed E-state index contributed by atoms with van der Waals surface area (Å²) in [6.45, 7) is 3.03. The highest BCUT2D eigenvalue weighted by molar-refractivity contribution is 5.96. The average molecular weight is 294 g/mol. The first-order chi connectivity index (χ1) is 9.92. The van der Waals surface area contributed by atoms with Crippen LogP contribution in [0.2, 0.25) is 0 Å². The lowest BCUT2D eigenvalue weighted by Crippen LogP contribution is -2.42. The van der Waals surface area contributed by atoms with E-state index in [9.17, 15) is 14.4 Å². The van der Waals surface area contributed by atoms with Crippen LogP contribution in [0.4, 0.5) is 4.79 Å². The van der Waals surface area contributed by atoms with E-state index in [1.165, 1.54) is 6.92 Å². The van der Waals surface area contributed by atoms with Crippen LogP contribution in [0.15, 0.2) is 24.3 Å². The number of ether oxygens (including phenoxy) is 2. The first-order valence-corrected chi connectivity index (χ1v) is 6.44. The Hall–Kier alpha value is -2.57. The number of nitrogens with two attached hydrogens (primary N) is 1. The van der Waals surface area contributed by atoms with Crippen LogP contribution < -0.4 is 15.8 Å². The van der Waals surface area contributed by atoms with Crippen molar-refractivity contribution >= 4 is 17.9 Å². The van der Waals surface area contributed by atoms with Gasteiger partial charge in [0.15, 0.2) is 12.7 Å². The molecule has 0 aliphatic rings. The molecular weight excluding hydrogens is 276 g/mol. The molecule has 0 bridgehead atoms. The summed E-state index contributed by atoms with van der Waals surface area (Å²) in [4.78, 5) is 33.3. The summed E-state index contributed by atoms with van der Waals surface area (Å²) in [7, 11) is 0. The second kappa shape index (κ2) is 7.88. The third kappa shape index (κ3) is 5.94. The lowest BCUT2D eigenvalue weighted by molar-refractivity contribution is -0.156. The van der Waals surface area contributed by atoms with E-state index in [1.54, 1.807) is 12.1 Å². The number of benzene rings is 1. The predicted octanol–water partition coefficient (Wildman–Crippen LogP) is 0.754. The summed E-state index contributed by atoms with van der Waals surface area (Å²) in [5, 5.41) is 1.82. The first-order valence-electron chi connectivity index (χ1n) is 6.44. The van der Waals surface area contributed by atoms with Crippen LogP contribution in [-0.2, 0) is 20.7 Å². The molecule has 0 radical (unpaired) electrons. The number of hydrogen-bond donors (Lipinski definition) is 2. The molecule has 0 aliphatic heterocycles. The van der Waals surface area contributed by atoms with Crippen LogP contribution in [0.3, 0.4) is 0 Å². The van der Waals surface area contributed by atoms with Gasteiger partial charge in [-0.25, -0.2) is 9.59 Å². The number of rotatable bonds is 6. The predicted molar refractivity (Wildman–Crippen MR) is 74.6 cm³/mol. The van der Waals surface area contributed by atoms with Gasteiger partial charge in [0.2, 0.25) is 0 Å². The third-order valence-electron chi connectivity index (χ3n) is 2.61. The number of imide groups is 1. The molecule has 0 spiro atoms. The van der Waals surface area contributed by atoms with Crippen LogP contribution in [0.1, 0.15) is 19.4 Å². The van der Waals surface area contributed by atoms with E-state index in [2.05, 4.69) is 0 Å². The second-order valence-corrected chi connectivity index (χ2v) is 4.27. The van der Waals surface area contributed by atoms with E-state index in [1.807, 2.05) is 24.4 Å². The molecule has 0 aliphatic carbocycles. The van der Waals surface area contributed by atoms with Crippen molar-refractivity contribution in [2.24, 2.45) is 5.73 Å². The molecule has 7 nitrogen and oxygen atoms in total. The lowest BCUT2D eigenvalue weighted by atomic mass is 10.2. The Bertz CT molecular complexity index is 513. The van der Waals surface area contributed by atoms with Crippen LogP contribution in [0, 0.1) is 0 Å². The van der Waals surface area contributed by atoms with Gasteiger partial charge in [0.25, 0.3) is 5.91 Å². The minimum atomic E-state index is -1.13. The summed E-state index contributed by atoms with van der Waals surface area (Å²) >= 11 is 0. The van der Waals surface area contributed by atoms with Crippen molar-refractivity contribution in [1.82, 2.24) is 5.32 Å². The summed E-state index contributed by atoms with van der Waals surface area (Å²) in [6.07, 6.45) is -0.217. The fraction of sp³-hybridized carbons (Fsp3) is 0.357. The van der Waals surface area contributed by atoms with E-state index in [-0.39, 0.29) is 6.61 Å². The quantitative estimate of drug-likeness (QED) is 0.753. The zero-order chi connectivity index (χ0) is 15.8. The van der Waals surface area contributed by atoms with Gasteiger partial charge in [0, 0.05) is 0 Å². The third-order valence-corrected chi connectivity index (χ3v) is 2.61. The summed E-state index contributed by atoms with van der Waals surface area (Å²) in [5.74, 6) is -0.983. The summed E-state index contributed by atoms with van der Waals surface area (Å²) in [6, 6.07) is 6.27. The van der Waals surface area contributed by atoms with Crippen molar-refractivity contribution in [3.8, 4) is 5.75 Å². The molecule has 7 heteroatoms. The van der Waals surface area contributed by atoms with Gasteiger partial charge in [-0.3, -0.25) is 10.1 Å². The largest absolute Gasteiger partial charge is 0.482 e. The van der Waals surface area contributed by atoms with E-state index < -0.39 is 24.0 Å². The standard InChI is InChI=1S/C14H18N2O5/c1-3-10-4-6-11(7-5-10)20-8-12(17)21-9(2)13(18)16-14(15)19/h4-7,9H,3,8H2,1-2H3,(H3,15,16,18,19). The van der Waals surface area contributed by atoms with E-state index in [0.717, 1.165) is 12.0 Å². The van der Waals surface area contributed by atoms with Crippen LogP contribution in [0.5, 0.6) is 5.75 Å². The number of urea groups is 1. The smallest absolute Gasteiger partial charge is 0.344 e.